The predicted octanol–water partition coefficient (Wildman–Crippen LogP) is 4.16. The third-order valence-electron chi connectivity index (χ3n) is 3.34. The molecule has 0 atom stereocenters. The summed E-state index contributed by atoms with van der Waals surface area (Å²) in [6, 6.07) is 11.9. The molecule has 1 aromatic heterocycles. The Hall–Kier alpha value is -2.08. The predicted molar refractivity (Wildman–Crippen MR) is 81.1 cm³/mol. The monoisotopic (exact) mass is 267 g/mol. The maximum Gasteiger partial charge on any atom is 0.0991 e. The second-order valence-corrected chi connectivity index (χ2v) is 6.43. The van der Waals surface area contributed by atoms with Crippen LogP contribution in [0.25, 0.3) is 5.69 Å². The van der Waals surface area contributed by atoms with Crippen molar-refractivity contribution in [3.63, 3.8) is 0 Å². The average molecular weight is 267 g/mol. The van der Waals surface area contributed by atoms with E-state index in [0.717, 1.165) is 11.4 Å². The summed E-state index contributed by atoms with van der Waals surface area (Å²) < 4.78 is 1.99. The highest BCUT2D eigenvalue weighted by Gasteiger charge is 2.21. The summed E-state index contributed by atoms with van der Waals surface area (Å²) in [5.41, 5.74) is 3.98. The molecule has 1 aromatic carbocycles. The topological polar surface area (TPSA) is 41.6 Å². The molecule has 2 aromatic rings. The van der Waals surface area contributed by atoms with Gasteiger partial charge >= 0.3 is 0 Å². The van der Waals surface area contributed by atoms with E-state index in [1.165, 1.54) is 5.69 Å². The molecule has 0 saturated carbocycles. The van der Waals surface area contributed by atoms with Crippen LogP contribution in [0.4, 0.5) is 0 Å². The first-order valence-corrected chi connectivity index (χ1v) is 6.94. The van der Waals surface area contributed by atoms with Gasteiger partial charge < -0.3 is 0 Å². The first-order chi connectivity index (χ1) is 9.32. The van der Waals surface area contributed by atoms with Gasteiger partial charge in [0.1, 0.15) is 0 Å². The fourth-order valence-corrected chi connectivity index (χ4v) is 2.06. The fourth-order valence-electron chi connectivity index (χ4n) is 2.06. The van der Waals surface area contributed by atoms with Crippen molar-refractivity contribution in [3.8, 4) is 11.8 Å². The molecule has 0 radical (unpaired) electrons. The van der Waals surface area contributed by atoms with Crippen LogP contribution in [0.15, 0.2) is 30.3 Å². The van der Waals surface area contributed by atoms with Crippen LogP contribution in [-0.4, -0.2) is 9.78 Å². The molecule has 104 valence electrons. The van der Waals surface area contributed by atoms with Gasteiger partial charge in [0.05, 0.1) is 23.0 Å². The van der Waals surface area contributed by atoms with Gasteiger partial charge in [-0.2, -0.15) is 10.4 Å². The highest BCUT2D eigenvalue weighted by Crippen LogP contribution is 2.27. The largest absolute Gasteiger partial charge is 0.237 e. The van der Waals surface area contributed by atoms with Crippen molar-refractivity contribution in [2.45, 2.75) is 46.0 Å². The number of nitrogens with zero attached hydrogens (tertiary/aromatic N) is 3. The van der Waals surface area contributed by atoms with E-state index in [4.69, 9.17) is 10.4 Å². The second-order valence-electron chi connectivity index (χ2n) is 6.43. The first-order valence-electron chi connectivity index (χ1n) is 6.94. The second kappa shape index (κ2) is 5.13. The van der Waals surface area contributed by atoms with E-state index in [2.05, 4.69) is 46.8 Å². The lowest BCUT2D eigenvalue weighted by Gasteiger charge is -2.14. The number of hydrogen-bond donors (Lipinski definition) is 0. The van der Waals surface area contributed by atoms with Crippen molar-refractivity contribution in [1.82, 2.24) is 9.78 Å². The lowest BCUT2D eigenvalue weighted by atomic mass is 9.91. The molecule has 0 aliphatic heterocycles. The van der Waals surface area contributed by atoms with Gasteiger partial charge in [0, 0.05) is 11.1 Å². The van der Waals surface area contributed by atoms with Crippen LogP contribution in [0.1, 0.15) is 57.5 Å². The van der Waals surface area contributed by atoms with Crippen molar-refractivity contribution in [1.29, 1.82) is 5.26 Å². The number of aromatic nitrogens is 2. The van der Waals surface area contributed by atoms with Crippen molar-refractivity contribution in [2.24, 2.45) is 0 Å². The average Bonchev–Trinajstić information content (AvgIpc) is 2.84. The van der Waals surface area contributed by atoms with Crippen LogP contribution in [0.5, 0.6) is 0 Å². The van der Waals surface area contributed by atoms with Gasteiger partial charge in [-0.05, 0) is 36.2 Å². The van der Waals surface area contributed by atoms with Crippen molar-refractivity contribution >= 4 is 0 Å². The molecule has 0 bridgehead atoms. The van der Waals surface area contributed by atoms with E-state index in [0.29, 0.717) is 11.5 Å². The minimum Gasteiger partial charge on any atom is -0.237 e. The molecule has 3 nitrogen and oxygen atoms in total. The maximum absolute atomic E-state index is 8.88. The fraction of sp³-hybridized carbons (Fsp3) is 0.412. The van der Waals surface area contributed by atoms with Gasteiger partial charge in [-0.1, -0.05) is 34.6 Å². The Morgan fingerprint density at radius 2 is 1.75 bits per heavy atom. The number of nitriles is 1. The molecule has 0 saturated heterocycles. The smallest absolute Gasteiger partial charge is 0.0991 e. The Labute approximate surface area is 120 Å². The lowest BCUT2D eigenvalue weighted by molar-refractivity contribution is 0.559. The summed E-state index contributed by atoms with van der Waals surface area (Å²) in [6.45, 7) is 10.8. The molecule has 0 fully saturated rings. The zero-order valence-corrected chi connectivity index (χ0v) is 12.8. The SMILES string of the molecule is CC(C)c1cc(C(C)(C)C)nn1-c1ccc(C#N)cc1. The molecule has 2 rings (SSSR count). The van der Waals surface area contributed by atoms with E-state index >= 15 is 0 Å². The Morgan fingerprint density at radius 3 is 2.20 bits per heavy atom. The molecular weight excluding hydrogens is 246 g/mol. The van der Waals surface area contributed by atoms with E-state index < -0.39 is 0 Å². The third-order valence-corrected chi connectivity index (χ3v) is 3.34. The van der Waals surface area contributed by atoms with Crippen LogP contribution in [0.2, 0.25) is 0 Å². The summed E-state index contributed by atoms with van der Waals surface area (Å²) in [6.07, 6.45) is 0. The Morgan fingerprint density at radius 1 is 1.15 bits per heavy atom. The van der Waals surface area contributed by atoms with Crippen molar-refractivity contribution in [3.05, 3.63) is 47.3 Å². The molecule has 0 N–H and O–H groups in total. The maximum atomic E-state index is 8.88. The Kier molecular flexibility index (Phi) is 3.67. The molecule has 3 heteroatoms. The van der Waals surface area contributed by atoms with Crippen LogP contribution in [0, 0.1) is 11.3 Å². The summed E-state index contributed by atoms with van der Waals surface area (Å²) in [5, 5.41) is 13.6. The molecule has 0 unspecified atom stereocenters. The van der Waals surface area contributed by atoms with Gasteiger partial charge in [-0.25, -0.2) is 4.68 Å². The quantitative estimate of drug-likeness (QED) is 0.819. The summed E-state index contributed by atoms with van der Waals surface area (Å²) in [7, 11) is 0. The van der Waals surface area contributed by atoms with Gasteiger partial charge in [0.15, 0.2) is 0 Å². The van der Waals surface area contributed by atoms with Gasteiger partial charge in [-0.15, -0.1) is 0 Å². The van der Waals surface area contributed by atoms with E-state index in [1.807, 2.05) is 28.9 Å². The van der Waals surface area contributed by atoms with Gasteiger partial charge in [0.2, 0.25) is 0 Å². The van der Waals surface area contributed by atoms with Crippen molar-refractivity contribution < 1.29 is 0 Å². The van der Waals surface area contributed by atoms with Crippen molar-refractivity contribution in [2.75, 3.05) is 0 Å². The molecule has 1 heterocycles. The van der Waals surface area contributed by atoms with E-state index in [1.54, 1.807) is 0 Å². The number of hydrogen-bond acceptors (Lipinski definition) is 2. The molecule has 0 amide bonds. The summed E-state index contributed by atoms with van der Waals surface area (Å²) in [4.78, 5) is 0. The molecule has 20 heavy (non-hydrogen) atoms. The summed E-state index contributed by atoms with van der Waals surface area (Å²) >= 11 is 0. The van der Waals surface area contributed by atoms with E-state index in [-0.39, 0.29) is 5.41 Å². The number of benzene rings is 1. The minimum absolute atomic E-state index is 0.0293. The molecule has 0 aliphatic rings. The van der Waals surface area contributed by atoms with Gasteiger partial charge in [-0.3, -0.25) is 0 Å². The lowest BCUT2D eigenvalue weighted by Crippen LogP contribution is -2.12. The Bertz CT molecular complexity index is 634. The Balaban J connectivity index is 2.54. The number of rotatable bonds is 2. The standard InChI is InChI=1S/C17H21N3/c1-12(2)15-10-16(17(3,4)5)19-20(15)14-8-6-13(11-18)7-9-14/h6-10,12H,1-5H3. The first kappa shape index (κ1) is 14.3. The molecule has 0 aliphatic carbocycles. The molecular formula is C17H21N3. The highest BCUT2D eigenvalue weighted by molar-refractivity contribution is 5.41. The highest BCUT2D eigenvalue weighted by atomic mass is 15.3. The van der Waals surface area contributed by atoms with Gasteiger partial charge in [0.25, 0.3) is 0 Å². The minimum atomic E-state index is 0.0293. The normalized spacial score (nSPS) is 11.7. The van der Waals surface area contributed by atoms with Crippen LogP contribution in [0.3, 0.4) is 0 Å². The third kappa shape index (κ3) is 2.75. The van der Waals surface area contributed by atoms with Crippen LogP contribution in [-0.2, 0) is 5.41 Å². The zero-order chi connectivity index (χ0) is 14.9. The summed E-state index contributed by atoms with van der Waals surface area (Å²) in [5.74, 6) is 0.397. The van der Waals surface area contributed by atoms with Crippen LogP contribution >= 0.6 is 0 Å². The van der Waals surface area contributed by atoms with Crippen LogP contribution < -0.4 is 0 Å². The molecule has 0 spiro atoms. The van der Waals surface area contributed by atoms with E-state index in [9.17, 15) is 0 Å². The zero-order valence-electron chi connectivity index (χ0n) is 12.8.